The summed E-state index contributed by atoms with van der Waals surface area (Å²) in [6.07, 6.45) is 1.00. The molecule has 86 valence electrons. The van der Waals surface area contributed by atoms with Crippen LogP contribution in [-0.2, 0) is 0 Å². The zero-order valence-electron chi connectivity index (χ0n) is 9.42. The summed E-state index contributed by atoms with van der Waals surface area (Å²) in [7, 11) is 0. The molecule has 4 nitrogen and oxygen atoms in total. The molecule has 2 amide bonds. The first-order valence-corrected chi connectivity index (χ1v) is 5.59. The average molecular weight is 219 g/mol. The predicted molar refractivity (Wildman–Crippen MR) is 64.6 cm³/mol. The molecule has 0 aromatic heterocycles. The van der Waals surface area contributed by atoms with E-state index in [1.54, 1.807) is 0 Å². The number of urea groups is 1. The van der Waals surface area contributed by atoms with Crippen molar-refractivity contribution in [2.45, 2.75) is 19.4 Å². The quantitative estimate of drug-likeness (QED) is 0.705. The fraction of sp³-hybridized carbons (Fsp3) is 0.417. The van der Waals surface area contributed by atoms with E-state index in [2.05, 4.69) is 16.0 Å². The summed E-state index contributed by atoms with van der Waals surface area (Å²) in [5.41, 5.74) is 1.98. The van der Waals surface area contributed by atoms with Gasteiger partial charge in [-0.3, -0.25) is 0 Å². The predicted octanol–water partition coefficient (Wildman–Crippen LogP) is 1.48. The SMILES string of the molecule is Cc1cccc(NC(=O)N[C@H]2CCNC2)c1. The molecule has 1 aliphatic rings. The van der Waals surface area contributed by atoms with Crippen LogP contribution in [0.5, 0.6) is 0 Å². The van der Waals surface area contributed by atoms with E-state index < -0.39 is 0 Å². The van der Waals surface area contributed by atoms with Gasteiger partial charge in [0.2, 0.25) is 0 Å². The molecule has 1 atom stereocenters. The number of anilines is 1. The molecule has 1 aromatic rings. The van der Waals surface area contributed by atoms with Crippen molar-refractivity contribution in [3.05, 3.63) is 29.8 Å². The maximum atomic E-state index is 11.6. The molecule has 0 spiro atoms. The van der Waals surface area contributed by atoms with E-state index in [1.165, 1.54) is 0 Å². The molecule has 1 aliphatic heterocycles. The van der Waals surface area contributed by atoms with Gasteiger partial charge in [0, 0.05) is 18.3 Å². The van der Waals surface area contributed by atoms with Crippen molar-refractivity contribution in [2.24, 2.45) is 0 Å². The van der Waals surface area contributed by atoms with Crippen LogP contribution in [0, 0.1) is 6.92 Å². The van der Waals surface area contributed by atoms with E-state index in [1.807, 2.05) is 31.2 Å². The lowest BCUT2D eigenvalue weighted by molar-refractivity contribution is 0.249. The number of rotatable bonds is 2. The minimum atomic E-state index is -0.126. The Bertz CT molecular complexity index is 372. The number of amides is 2. The number of benzene rings is 1. The molecule has 1 saturated heterocycles. The zero-order chi connectivity index (χ0) is 11.4. The van der Waals surface area contributed by atoms with Crippen LogP contribution in [0.4, 0.5) is 10.5 Å². The Morgan fingerprint density at radius 3 is 3.06 bits per heavy atom. The van der Waals surface area contributed by atoms with Crippen LogP contribution < -0.4 is 16.0 Å². The lowest BCUT2D eigenvalue weighted by Crippen LogP contribution is -2.39. The summed E-state index contributed by atoms with van der Waals surface area (Å²) in [5.74, 6) is 0. The van der Waals surface area contributed by atoms with Gasteiger partial charge in [0.05, 0.1) is 0 Å². The van der Waals surface area contributed by atoms with E-state index in [0.29, 0.717) is 0 Å². The second kappa shape index (κ2) is 4.99. The van der Waals surface area contributed by atoms with Crippen LogP contribution in [-0.4, -0.2) is 25.2 Å². The average Bonchev–Trinajstić information content (AvgIpc) is 2.70. The van der Waals surface area contributed by atoms with E-state index >= 15 is 0 Å². The van der Waals surface area contributed by atoms with Crippen molar-refractivity contribution in [1.82, 2.24) is 10.6 Å². The molecule has 2 rings (SSSR count). The fourth-order valence-electron chi connectivity index (χ4n) is 1.85. The first-order valence-electron chi connectivity index (χ1n) is 5.59. The summed E-state index contributed by atoms with van der Waals surface area (Å²) in [6.45, 7) is 3.85. The van der Waals surface area contributed by atoms with Gasteiger partial charge in [-0.05, 0) is 37.6 Å². The third-order valence-electron chi connectivity index (χ3n) is 2.67. The van der Waals surface area contributed by atoms with Crippen LogP contribution in [0.1, 0.15) is 12.0 Å². The molecule has 1 heterocycles. The third-order valence-corrected chi connectivity index (χ3v) is 2.67. The minimum Gasteiger partial charge on any atom is -0.334 e. The standard InChI is InChI=1S/C12H17N3O/c1-9-3-2-4-10(7-9)14-12(16)15-11-5-6-13-8-11/h2-4,7,11,13H,5-6,8H2,1H3,(H2,14,15,16)/t11-/m0/s1. The van der Waals surface area contributed by atoms with Gasteiger partial charge in [-0.1, -0.05) is 12.1 Å². The Labute approximate surface area is 95.4 Å². The molecule has 0 saturated carbocycles. The van der Waals surface area contributed by atoms with Crippen molar-refractivity contribution >= 4 is 11.7 Å². The molecular formula is C12H17N3O. The number of nitrogens with one attached hydrogen (secondary N) is 3. The first kappa shape index (κ1) is 11.0. The van der Waals surface area contributed by atoms with E-state index in [9.17, 15) is 4.79 Å². The molecule has 0 bridgehead atoms. The van der Waals surface area contributed by atoms with Gasteiger partial charge in [-0.25, -0.2) is 4.79 Å². The topological polar surface area (TPSA) is 53.2 Å². The first-order chi connectivity index (χ1) is 7.74. The molecule has 16 heavy (non-hydrogen) atoms. The highest BCUT2D eigenvalue weighted by atomic mass is 16.2. The number of hydrogen-bond acceptors (Lipinski definition) is 2. The minimum absolute atomic E-state index is 0.126. The van der Waals surface area contributed by atoms with Gasteiger partial charge in [0.15, 0.2) is 0 Å². The Morgan fingerprint density at radius 1 is 1.50 bits per heavy atom. The smallest absolute Gasteiger partial charge is 0.319 e. The zero-order valence-corrected chi connectivity index (χ0v) is 9.42. The lowest BCUT2D eigenvalue weighted by atomic mass is 10.2. The van der Waals surface area contributed by atoms with Gasteiger partial charge in [-0.15, -0.1) is 0 Å². The fourth-order valence-corrected chi connectivity index (χ4v) is 1.85. The second-order valence-electron chi connectivity index (χ2n) is 4.16. The van der Waals surface area contributed by atoms with Crippen molar-refractivity contribution < 1.29 is 4.79 Å². The summed E-state index contributed by atoms with van der Waals surface area (Å²) < 4.78 is 0. The van der Waals surface area contributed by atoms with E-state index in [0.717, 1.165) is 30.8 Å². The van der Waals surface area contributed by atoms with Gasteiger partial charge in [0.25, 0.3) is 0 Å². The molecule has 0 radical (unpaired) electrons. The van der Waals surface area contributed by atoms with Crippen molar-refractivity contribution in [1.29, 1.82) is 0 Å². The van der Waals surface area contributed by atoms with Crippen LogP contribution in [0.3, 0.4) is 0 Å². The van der Waals surface area contributed by atoms with Crippen LogP contribution >= 0.6 is 0 Å². The molecule has 1 aromatic carbocycles. The van der Waals surface area contributed by atoms with E-state index in [-0.39, 0.29) is 12.1 Å². The highest BCUT2D eigenvalue weighted by molar-refractivity contribution is 5.89. The molecular weight excluding hydrogens is 202 g/mol. The molecule has 0 aliphatic carbocycles. The number of carbonyl (C=O) groups is 1. The van der Waals surface area contributed by atoms with Gasteiger partial charge < -0.3 is 16.0 Å². The Morgan fingerprint density at radius 2 is 2.38 bits per heavy atom. The Kier molecular flexibility index (Phi) is 3.41. The van der Waals surface area contributed by atoms with Gasteiger partial charge in [-0.2, -0.15) is 0 Å². The summed E-state index contributed by atoms with van der Waals surface area (Å²) in [6, 6.07) is 7.90. The molecule has 1 fully saturated rings. The highest BCUT2D eigenvalue weighted by Crippen LogP contribution is 2.09. The van der Waals surface area contributed by atoms with Crippen LogP contribution in [0.2, 0.25) is 0 Å². The molecule has 4 heteroatoms. The number of hydrogen-bond donors (Lipinski definition) is 3. The maximum Gasteiger partial charge on any atom is 0.319 e. The highest BCUT2D eigenvalue weighted by Gasteiger charge is 2.16. The van der Waals surface area contributed by atoms with Crippen molar-refractivity contribution in [3.63, 3.8) is 0 Å². The van der Waals surface area contributed by atoms with Crippen molar-refractivity contribution in [3.8, 4) is 0 Å². The summed E-state index contributed by atoms with van der Waals surface area (Å²) >= 11 is 0. The number of carbonyl (C=O) groups excluding carboxylic acids is 1. The number of aryl methyl sites for hydroxylation is 1. The van der Waals surface area contributed by atoms with E-state index in [4.69, 9.17) is 0 Å². The monoisotopic (exact) mass is 219 g/mol. The second-order valence-corrected chi connectivity index (χ2v) is 4.16. The molecule has 0 unspecified atom stereocenters. The third kappa shape index (κ3) is 2.97. The van der Waals surface area contributed by atoms with Gasteiger partial charge >= 0.3 is 6.03 Å². The van der Waals surface area contributed by atoms with Crippen molar-refractivity contribution in [2.75, 3.05) is 18.4 Å². The Hall–Kier alpha value is -1.55. The van der Waals surface area contributed by atoms with Gasteiger partial charge in [0.1, 0.15) is 0 Å². The normalized spacial score (nSPS) is 19.4. The summed E-state index contributed by atoms with van der Waals surface area (Å²) in [5, 5.41) is 8.97. The maximum absolute atomic E-state index is 11.6. The Balaban J connectivity index is 1.86. The largest absolute Gasteiger partial charge is 0.334 e. The lowest BCUT2D eigenvalue weighted by Gasteiger charge is -2.12. The van der Waals surface area contributed by atoms with Crippen LogP contribution in [0.15, 0.2) is 24.3 Å². The summed E-state index contributed by atoms with van der Waals surface area (Å²) in [4.78, 5) is 11.6. The molecule has 3 N–H and O–H groups in total. The van der Waals surface area contributed by atoms with Crippen LogP contribution in [0.25, 0.3) is 0 Å².